The highest BCUT2D eigenvalue weighted by molar-refractivity contribution is 5.73. The van der Waals surface area contributed by atoms with Gasteiger partial charge in [0.15, 0.2) is 6.10 Å². The number of aliphatic carboxylic acids is 1. The predicted molar refractivity (Wildman–Crippen MR) is 41.8 cm³/mol. The molecule has 0 bridgehead atoms. The third-order valence-corrected chi connectivity index (χ3v) is 1.63. The van der Waals surface area contributed by atoms with E-state index in [1.54, 1.807) is 0 Å². The minimum Gasteiger partial charge on any atom is -0.479 e. The molecule has 0 saturated carbocycles. The molecule has 0 amide bonds. The molecule has 0 fully saturated rings. The van der Waals surface area contributed by atoms with Crippen LogP contribution >= 0.6 is 0 Å². The molecule has 1 unspecified atom stereocenters. The zero-order valence-electron chi connectivity index (χ0n) is 7.19. The Bertz CT molecular complexity index is 360. The van der Waals surface area contributed by atoms with E-state index in [2.05, 4.69) is 4.98 Å². The van der Waals surface area contributed by atoms with Crippen LogP contribution in [0.1, 0.15) is 17.4 Å². The van der Waals surface area contributed by atoms with Crippen LogP contribution in [0.15, 0.2) is 18.3 Å². The SMILES string of the molecule is O=C(O)C(O)c1ccc(C(F)(F)F)nc1. The number of hydrogen-bond donors (Lipinski definition) is 2. The minimum atomic E-state index is -4.58. The Morgan fingerprint density at radius 3 is 2.33 bits per heavy atom. The smallest absolute Gasteiger partial charge is 0.433 e. The molecule has 1 atom stereocenters. The number of carbonyl (C=O) groups is 1. The fourth-order valence-corrected chi connectivity index (χ4v) is 0.877. The topological polar surface area (TPSA) is 70.4 Å². The van der Waals surface area contributed by atoms with Gasteiger partial charge in [-0.1, -0.05) is 6.07 Å². The number of aliphatic hydroxyl groups excluding tert-OH is 1. The lowest BCUT2D eigenvalue weighted by molar-refractivity contribution is -0.146. The number of aliphatic hydroxyl groups is 1. The number of rotatable bonds is 2. The fourth-order valence-electron chi connectivity index (χ4n) is 0.877. The number of hydrogen-bond acceptors (Lipinski definition) is 3. The number of nitrogens with zero attached hydrogens (tertiary/aromatic N) is 1. The van der Waals surface area contributed by atoms with Gasteiger partial charge in [0.1, 0.15) is 5.69 Å². The van der Waals surface area contributed by atoms with Crippen molar-refractivity contribution in [1.82, 2.24) is 4.98 Å². The van der Waals surface area contributed by atoms with Crippen molar-refractivity contribution < 1.29 is 28.2 Å². The summed E-state index contributed by atoms with van der Waals surface area (Å²) in [4.78, 5) is 13.3. The van der Waals surface area contributed by atoms with E-state index in [9.17, 15) is 18.0 Å². The number of aromatic nitrogens is 1. The largest absolute Gasteiger partial charge is 0.479 e. The molecule has 0 saturated heterocycles. The number of pyridine rings is 1. The number of alkyl halides is 3. The second-order valence-corrected chi connectivity index (χ2v) is 2.72. The summed E-state index contributed by atoms with van der Waals surface area (Å²) in [5.41, 5.74) is -1.33. The van der Waals surface area contributed by atoms with Gasteiger partial charge >= 0.3 is 12.1 Å². The first-order chi connectivity index (χ1) is 6.82. The molecule has 7 heteroatoms. The highest BCUT2D eigenvalue weighted by Crippen LogP contribution is 2.27. The molecule has 1 heterocycles. The minimum absolute atomic E-state index is 0.199. The van der Waals surface area contributed by atoms with Gasteiger partial charge in [-0.3, -0.25) is 4.98 Å². The van der Waals surface area contributed by atoms with Gasteiger partial charge in [-0.15, -0.1) is 0 Å². The molecule has 2 N–H and O–H groups in total. The van der Waals surface area contributed by atoms with E-state index in [4.69, 9.17) is 10.2 Å². The van der Waals surface area contributed by atoms with Crippen molar-refractivity contribution in [3.05, 3.63) is 29.6 Å². The molecular formula is C8H6F3NO3. The maximum Gasteiger partial charge on any atom is 0.433 e. The van der Waals surface area contributed by atoms with E-state index >= 15 is 0 Å². The molecular weight excluding hydrogens is 215 g/mol. The van der Waals surface area contributed by atoms with Crippen molar-refractivity contribution in [1.29, 1.82) is 0 Å². The molecule has 0 aliphatic carbocycles. The van der Waals surface area contributed by atoms with Crippen LogP contribution in [0.2, 0.25) is 0 Å². The van der Waals surface area contributed by atoms with Crippen LogP contribution in [0.5, 0.6) is 0 Å². The Morgan fingerprint density at radius 2 is 2.00 bits per heavy atom. The first kappa shape index (κ1) is 11.4. The second kappa shape index (κ2) is 3.85. The van der Waals surface area contributed by atoms with E-state index in [1.807, 2.05) is 0 Å². The summed E-state index contributed by atoms with van der Waals surface area (Å²) >= 11 is 0. The molecule has 82 valence electrons. The Morgan fingerprint density at radius 1 is 1.40 bits per heavy atom. The molecule has 1 aromatic heterocycles. The molecule has 0 aliphatic heterocycles. The maximum atomic E-state index is 12.0. The summed E-state index contributed by atoms with van der Waals surface area (Å²) in [5.74, 6) is -1.54. The quantitative estimate of drug-likeness (QED) is 0.787. The van der Waals surface area contributed by atoms with Crippen LogP contribution < -0.4 is 0 Å². The Labute approximate surface area is 82.0 Å². The van der Waals surface area contributed by atoms with Gasteiger partial charge in [-0.05, 0) is 6.07 Å². The van der Waals surface area contributed by atoms with Crippen molar-refractivity contribution >= 4 is 5.97 Å². The van der Waals surface area contributed by atoms with Crippen LogP contribution in [-0.2, 0) is 11.0 Å². The normalized spacial score (nSPS) is 13.6. The van der Waals surface area contributed by atoms with E-state index in [-0.39, 0.29) is 5.56 Å². The molecule has 4 nitrogen and oxygen atoms in total. The molecule has 1 aromatic rings. The highest BCUT2D eigenvalue weighted by Gasteiger charge is 2.32. The third-order valence-electron chi connectivity index (χ3n) is 1.63. The molecule has 0 radical (unpaired) electrons. The second-order valence-electron chi connectivity index (χ2n) is 2.72. The fraction of sp³-hybridized carbons (Fsp3) is 0.250. The van der Waals surface area contributed by atoms with Crippen LogP contribution in [0, 0.1) is 0 Å². The molecule has 0 aromatic carbocycles. The Kier molecular flexibility index (Phi) is 2.94. The van der Waals surface area contributed by atoms with Crippen LogP contribution in [0.4, 0.5) is 13.2 Å². The van der Waals surface area contributed by atoms with Crippen molar-refractivity contribution in [3.63, 3.8) is 0 Å². The van der Waals surface area contributed by atoms with Crippen LogP contribution in [0.3, 0.4) is 0 Å². The average molecular weight is 221 g/mol. The average Bonchev–Trinajstić information content (AvgIpc) is 2.15. The summed E-state index contributed by atoms with van der Waals surface area (Å²) in [6.07, 6.45) is -5.76. The molecule has 15 heavy (non-hydrogen) atoms. The van der Waals surface area contributed by atoms with Gasteiger partial charge in [-0.2, -0.15) is 13.2 Å². The first-order valence-corrected chi connectivity index (χ1v) is 3.76. The monoisotopic (exact) mass is 221 g/mol. The van der Waals surface area contributed by atoms with Gasteiger partial charge < -0.3 is 10.2 Å². The summed E-state index contributed by atoms with van der Waals surface area (Å²) in [6.45, 7) is 0. The summed E-state index contributed by atoms with van der Waals surface area (Å²) in [7, 11) is 0. The zero-order chi connectivity index (χ0) is 11.6. The van der Waals surface area contributed by atoms with Gasteiger partial charge in [-0.25, -0.2) is 4.79 Å². The lowest BCUT2D eigenvalue weighted by Crippen LogP contribution is -2.13. The highest BCUT2D eigenvalue weighted by atomic mass is 19.4. The van der Waals surface area contributed by atoms with Gasteiger partial charge in [0.25, 0.3) is 0 Å². The lowest BCUT2D eigenvalue weighted by Gasteiger charge is -2.08. The summed E-state index contributed by atoms with van der Waals surface area (Å²) in [5, 5.41) is 17.3. The molecule has 0 spiro atoms. The maximum absolute atomic E-state index is 12.0. The Balaban J connectivity index is 2.95. The van der Waals surface area contributed by atoms with Gasteiger partial charge in [0.2, 0.25) is 0 Å². The number of carboxylic acids is 1. The first-order valence-electron chi connectivity index (χ1n) is 3.76. The summed E-state index contributed by atoms with van der Waals surface area (Å²) < 4.78 is 36.1. The lowest BCUT2D eigenvalue weighted by atomic mass is 10.1. The molecule has 0 aliphatic rings. The van der Waals surface area contributed by atoms with Crippen molar-refractivity contribution in [2.24, 2.45) is 0 Å². The van der Waals surface area contributed by atoms with E-state index in [0.717, 1.165) is 6.07 Å². The van der Waals surface area contributed by atoms with Gasteiger partial charge in [0.05, 0.1) is 0 Å². The van der Waals surface area contributed by atoms with E-state index in [1.165, 1.54) is 0 Å². The van der Waals surface area contributed by atoms with Crippen molar-refractivity contribution in [2.45, 2.75) is 12.3 Å². The van der Waals surface area contributed by atoms with E-state index in [0.29, 0.717) is 12.3 Å². The van der Waals surface area contributed by atoms with Gasteiger partial charge in [0, 0.05) is 11.8 Å². The standard InChI is InChI=1S/C8H6F3NO3/c9-8(10,11)5-2-1-4(3-12-5)6(13)7(14)15/h1-3,6,13H,(H,14,15). The van der Waals surface area contributed by atoms with Crippen LogP contribution in [0.25, 0.3) is 0 Å². The zero-order valence-corrected chi connectivity index (χ0v) is 7.19. The number of carboxylic acid groups (broad SMARTS) is 1. The molecule has 1 rings (SSSR count). The predicted octanol–water partition coefficient (Wildman–Crippen LogP) is 1.22. The van der Waals surface area contributed by atoms with E-state index < -0.39 is 23.9 Å². The summed E-state index contributed by atoms with van der Waals surface area (Å²) in [6, 6.07) is 1.48. The van der Waals surface area contributed by atoms with Crippen molar-refractivity contribution in [3.8, 4) is 0 Å². The third kappa shape index (κ3) is 2.66. The Hall–Kier alpha value is -1.63. The van der Waals surface area contributed by atoms with Crippen molar-refractivity contribution in [2.75, 3.05) is 0 Å². The number of halogens is 3. The van der Waals surface area contributed by atoms with Crippen LogP contribution in [-0.4, -0.2) is 21.2 Å².